The van der Waals surface area contributed by atoms with E-state index in [1.165, 1.54) is 0 Å². The van der Waals surface area contributed by atoms with Crippen molar-refractivity contribution in [3.63, 3.8) is 0 Å². The largest absolute Gasteiger partial charge is 0.134 e. The Morgan fingerprint density at radius 3 is 2.53 bits per heavy atom. The van der Waals surface area contributed by atoms with Crippen LogP contribution in [0.4, 0.5) is 0 Å². The molecule has 1 aliphatic rings. The van der Waals surface area contributed by atoms with Gasteiger partial charge in [-0.1, -0.05) is 71.2 Å². The van der Waals surface area contributed by atoms with Crippen molar-refractivity contribution in [3.8, 4) is 0 Å². The van der Waals surface area contributed by atoms with Gasteiger partial charge >= 0.3 is 0 Å². The van der Waals surface area contributed by atoms with E-state index in [0.29, 0.717) is 0 Å². The summed E-state index contributed by atoms with van der Waals surface area (Å²) in [7, 11) is 0. The van der Waals surface area contributed by atoms with Gasteiger partial charge in [-0.2, -0.15) is 0 Å². The smallest absolute Gasteiger partial charge is 0.115 e. The number of benzene rings is 1. The summed E-state index contributed by atoms with van der Waals surface area (Å²) in [6, 6.07) is 10.1. The SMILES string of the molecule is ClC1C(c2ccccc2)=CC=CC1(Cl)I. The zero-order chi connectivity index (χ0) is 10.9. The highest BCUT2D eigenvalue weighted by Crippen LogP contribution is 2.43. The molecule has 0 aromatic heterocycles. The third kappa shape index (κ3) is 2.40. The Morgan fingerprint density at radius 2 is 1.87 bits per heavy atom. The zero-order valence-electron chi connectivity index (χ0n) is 7.83. The first kappa shape index (κ1) is 11.5. The fourth-order valence-electron chi connectivity index (χ4n) is 1.53. The van der Waals surface area contributed by atoms with Crippen LogP contribution in [-0.2, 0) is 0 Å². The number of hydrogen-bond acceptors (Lipinski definition) is 0. The Morgan fingerprint density at radius 1 is 1.20 bits per heavy atom. The number of hydrogen-bond donors (Lipinski definition) is 0. The van der Waals surface area contributed by atoms with Crippen LogP contribution in [0.1, 0.15) is 5.56 Å². The molecule has 0 nitrogen and oxygen atoms in total. The minimum absolute atomic E-state index is 0.202. The van der Waals surface area contributed by atoms with E-state index in [9.17, 15) is 0 Å². The van der Waals surface area contributed by atoms with E-state index in [4.69, 9.17) is 23.2 Å². The molecule has 0 heterocycles. The molecule has 3 heteroatoms. The Labute approximate surface area is 113 Å². The molecule has 0 spiro atoms. The normalized spacial score (nSPS) is 30.1. The standard InChI is InChI=1S/C12H9Cl2I/c13-11-10(7-4-8-12(11,14)15)9-5-2-1-3-6-9/h1-8,11H. The summed E-state index contributed by atoms with van der Waals surface area (Å²) in [5.74, 6) is 0. The number of rotatable bonds is 1. The highest BCUT2D eigenvalue weighted by Gasteiger charge is 2.34. The fourth-order valence-corrected chi connectivity index (χ4v) is 2.53. The summed E-state index contributed by atoms with van der Waals surface area (Å²) in [5, 5.41) is -0.202. The van der Waals surface area contributed by atoms with Gasteiger partial charge in [-0.3, -0.25) is 0 Å². The maximum Gasteiger partial charge on any atom is 0.134 e. The van der Waals surface area contributed by atoms with E-state index in [2.05, 4.69) is 22.6 Å². The van der Waals surface area contributed by atoms with Crippen molar-refractivity contribution < 1.29 is 0 Å². The average Bonchev–Trinajstić information content (AvgIpc) is 2.23. The van der Waals surface area contributed by atoms with Crippen molar-refractivity contribution in [2.45, 2.75) is 8.26 Å². The summed E-state index contributed by atoms with van der Waals surface area (Å²) in [6.07, 6.45) is 5.90. The van der Waals surface area contributed by atoms with Crippen LogP contribution in [0, 0.1) is 0 Å². The van der Waals surface area contributed by atoms with E-state index in [1.807, 2.05) is 48.6 Å². The Hall–Kier alpha value is 0.01000. The van der Waals surface area contributed by atoms with Gasteiger partial charge in [0.15, 0.2) is 0 Å². The quantitative estimate of drug-likeness (QED) is 0.512. The van der Waals surface area contributed by atoms with Gasteiger partial charge < -0.3 is 0 Å². The Bertz CT molecular complexity index is 407. The molecule has 0 saturated heterocycles. The van der Waals surface area contributed by atoms with Gasteiger partial charge in [-0.15, -0.1) is 23.2 Å². The minimum atomic E-state index is -0.529. The third-order valence-electron chi connectivity index (χ3n) is 2.31. The van der Waals surface area contributed by atoms with E-state index in [0.717, 1.165) is 11.1 Å². The number of halogens is 3. The average molecular weight is 351 g/mol. The van der Waals surface area contributed by atoms with E-state index in [-0.39, 0.29) is 5.38 Å². The maximum absolute atomic E-state index is 6.35. The molecule has 0 N–H and O–H groups in total. The fraction of sp³-hybridized carbons (Fsp3) is 0.167. The van der Waals surface area contributed by atoms with Gasteiger partial charge in [0, 0.05) is 0 Å². The van der Waals surface area contributed by atoms with Crippen LogP contribution in [0.25, 0.3) is 5.57 Å². The molecular weight excluding hydrogens is 342 g/mol. The first-order valence-corrected chi connectivity index (χ1v) is 6.47. The summed E-state index contributed by atoms with van der Waals surface area (Å²) >= 11 is 14.8. The predicted octanol–water partition coefficient (Wildman–Crippen LogP) is 4.62. The summed E-state index contributed by atoms with van der Waals surface area (Å²) in [6.45, 7) is 0. The van der Waals surface area contributed by atoms with Crippen LogP contribution in [0.2, 0.25) is 0 Å². The van der Waals surface area contributed by atoms with Crippen molar-refractivity contribution in [2.24, 2.45) is 0 Å². The molecule has 2 atom stereocenters. The van der Waals surface area contributed by atoms with Crippen LogP contribution in [-0.4, -0.2) is 8.26 Å². The molecular formula is C12H9Cl2I. The molecule has 78 valence electrons. The van der Waals surface area contributed by atoms with Gasteiger partial charge in [-0.05, 0) is 11.1 Å². The second-order valence-electron chi connectivity index (χ2n) is 3.38. The summed E-state index contributed by atoms with van der Waals surface area (Å²) in [4.78, 5) is 0. The van der Waals surface area contributed by atoms with Gasteiger partial charge in [0.05, 0.1) is 5.38 Å². The zero-order valence-corrected chi connectivity index (χ0v) is 11.5. The van der Waals surface area contributed by atoms with Crippen LogP contribution < -0.4 is 0 Å². The molecule has 15 heavy (non-hydrogen) atoms. The molecule has 2 rings (SSSR count). The minimum Gasteiger partial charge on any atom is -0.115 e. The van der Waals surface area contributed by atoms with Crippen molar-refractivity contribution in [1.82, 2.24) is 0 Å². The molecule has 1 aromatic carbocycles. The molecule has 1 aliphatic carbocycles. The van der Waals surface area contributed by atoms with Crippen molar-refractivity contribution in [2.75, 3.05) is 0 Å². The monoisotopic (exact) mass is 350 g/mol. The van der Waals surface area contributed by atoms with Gasteiger partial charge in [-0.25, -0.2) is 0 Å². The summed E-state index contributed by atoms with van der Waals surface area (Å²) in [5.41, 5.74) is 2.20. The van der Waals surface area contributed by atoms with E-state index in [1.54, 1.807) is 0 Å². The molecule has 0 saturated carbocycles. The number of allylic oxidation sites excluding steroid dienone is 4. The first-order valence-electron chi connectivity index (χ1n) is 4.58. The molecule has 0 radical (unpaired) electrons. The van der Waals surface area contributed by atoms with E-state index >= 15 is 0 Å². The van der Waals surface area contributed by atoms with Gasteiger partial charge in [0.25, 0.3) is 0 Å². The Kier molecular flexibility index (Phi) is 3.43. The highest BCUT2D eigenvalue weighted by molar-refractivity contribution is 14.1. The lowest BCUT2D eigenvalue weighted by molar-refractivity contribution is 1.04. The highest BCUT2D eigenvalue weighted by atomic mass is 127. The van der Waals surface area contributed by atoms with Crippen LogP contribution in [0.5, 0.6) is 0 Å². The second kappa shape index (κ2) is 4.48. The van der Waals surface area contributed by atoms with E-state index < -0.39 is 2.88 Å². The van der Waals surface area contributed by atoms with Crippen molar-refractivity contribution in [1.29, 1.82) is 0 Å². The van der Waals surface area contributed by atoms with Crippen molar-refractivity contribution >= 4 is 51.4 Å². The van der Waals surface area contributed by atoms with Crippen LogP contribution in [0.3, 0.4) is 0 Å². The summed E-state index contributed by atoms with van der Waals surface area (Å²) < 4.78 is -0.529. The molecule has 2 unspecified atom stereocenters. The number of alkyl halides is 3. The lowest BCUT2D eigenvalue weighted by Crippen LogP contribution is -2.26. The van der Waals surface area contributed by atoms with Gasteiger partial charge in [0.1, 0.15) is 2.88 Å². The van der Waals surface area contributed by atoms with Crippen molar-refractivity contribution in [3.05, 3.63) is 54.1 Å². The molecule has 0 amide bonds. The molecule has 1 aromatic rings. The predicted molar refractivity (Wildman–Crippen MR) is 75.8 cm³/mol. The third-order valence-corrected chi connectivity index (χ3v) is 4.70. The lowest BCUT2D eigenvalue weighted by atomic mass is 9.97. The first-order chi connectivity index (χ1) is 7.11. The Balaban J connectivity index is 2.39. The second-order valence-corrected chi connectivity index (χ2v) is 6.87. The van der Waals surface area contributed by atoms with Crippen LogP contribution in [0.15, 0.2) is 48.6 Å². The van der Waals surface area contributed by atoms with Crippen LogP contribution >= 0.6 is 45.8 Å². The topological polar surface area (TPSA) is 0 Å². The molecule has 0 bridgehead atoms. The van der Waals surface area contributed by atoms with Gasteiger partial charge in [0.2, 0.25) is 0 Å². The molecule has 0 aliphatic heterocycles. The maximum atomic E-state index is 6.35. The molecule has 0 fully saturated rings. The lowest BCUT2D eigenvalue weighted by Gasteiger charge is -2.27.